The summed E-state index contributed by atoms with van der Waals surface area (Å²) in [5.41, 5.74) is 6.07. The molecule has 1 aromatic heterocycles. The second kappa shape index (κ2) is 7.12. The second-order valence-electron chi connectivity index (χ2n) is 5.66. The normalized spacial score (nSPS) is 13.7. The highest BCUT2D eigenvalue weighted by Gasteiger charge is 2.14. The molecule has 128 valence electrons. The van der Waals surface area contributed by atoms with Crippen molar-refractivity contribution in [3.05, 3.63) is 53.2 Å². The van der Waals surface area contributed by atoms with Crippen molar-refractivity contribution in [2.75, 3.05) is 12.4 Å². The van der Waals surface area contributed by atoms with Gasteiger partial charge in [0.05, 0.1) is 12.8 Å². The Hall–Kier alpha value is -3.22. The Balaban J connectivity index is 1.72. The van der Waals surface area contributed by atoms with Crippen LogP contribution in [0.25, 0.3) is 0 Å². The van der Waals surface area contributed by atoms with E-state index in [9.17, 15) is 9.59 Å². The van der Waals surface area contributed by atoms with E-state index < -0.39 is 0 Å². The maximum atomic E-state index is 12.4. The summed E-state index contributed by atoms with van der Waals surface area (Å²) in [5, 5.41) is 6.90. The van der Waals surface area contributed by atoms with Crippen LogP contribution in [0.5, 0.6) is 5.88 Å². The first-order chi connectivity index (χ1) is 12.0. The smallest absolute Gasteiger partial charge is 0.255 e. The minimum atomic E-state index is -0.237. The number of aromatic nitrogens is 1. The highest BCUT2D eigenvalue weighted by Crippen LogP contribution is 2.17. The molecule has 0 saturated carbocycles. The lowest BCUT2D eigenvalue weighted by molar-refractivity contribution is -0.121. The van der Waals surface area contributed by atoms with Crippen molar-refractivity contribution in [1.29, 1.82) is 0 Å². The van der Waals surface area contributed by atoms with Gasteiger partial charge in [0.25, 0.3) is 5.91 Å². The Morgan fingerprint density at radius 3 is 2.60 bits per heavy atom. The lowest BCUT2D eigenvalue weighted by atomic mass is 10.0. The molecule has 0 unspecified atom stereocenters. The molecule has 3 rings (SSSR count). The van der Waals surface area contributed by atoms with Crippen LogP contribution in [0.15, 0.2) is 41.5 Å². The van der Waals surface area contributed by atoms with Gasteiger partial charge in [0.2, 0.25) is 11.8 Å². The van der Waals surface area contributed by atoms with E-state index in [1.54, 1.807) is 31.2 Å². The summed E-state index contributed by atoms with van der Waals surface area (Å²) in [6.45, 7) is 1.80. The highest BCUT2D eigenvalue weighted by molar-refractivity contribution is 6.06. The molecule has 7 nitrogen and oxygen atoms in total. The van der Waals surface area contributed by atoms with Crippen LogP contribution < -0.4 is 15.5 Å². The Morgan fingerprint density at radius 1 is 1.20 bits per heavy atom. The Bertz CT molecular complexity index is 844. The summed E-state index contributed by atoms with van der Waals surface area (Å²) in [7, 11) is 1.51. The maximum Gasteiger partial charge on any atom is 0.255 e. The summed E-state index contributed by atoms with van der Waals surface area (Å²) in [6, 6.07) is 10.6. The number of rotatable bonds is 4. The molecule has 2 N–H and O–H groups in total. The predicted molar refractivity (Wildman–Crippen MR) is 93.8 cm³/mol. The van der Waals surface area contributed by atoms with Crippen LogP contribution in [-0.4, -0.2) is 29.6 Å². The topological polar surface area (TPSA) is 92.7 Å². The highest BCUT2D eigenvalue weighted by atomic mass is 16.5. The number of hydrogen-bond acceptors (Lipinski definition) is 5. The monoisotopic (exact) mass is 338 g/mol. The molecular formula is C18H18N4O3. The van der Waals surface area contributed by atoms with E-state index in [4.69, 9.17) is 4.74 Å². The maximum absolute atomic E-state index is 12.4. The number of amides is 2. The number of pyridine rings is 1. The molecule has 1 aliphatic heterocycles. The van der Waals surface area contributed by atoms with Gasteiger partial charge in [-0.3, -0.25) is 9.59 Å². The number of hydrogen-bond donors (Lipinski definition) is 2. The van der Waals surface area contributed by atoms with Gasteiger partial charge in [-0.2, -0.15) is 5.10 Å². The van der Waals surface area contributed by atoms with E-state index >= 15 is 0 Å². The first-order valence-electron chi connectivity index (χ1n) is 7.85. The fraction of sp³-hybridized carbons (Fsp3) is 0.222. The molecule has 0 atom stereocenters. The van der Waals surface area contributed by atoms with Gasteiger partial charge in [-0.15, -0.1) is 0 Å². The van der Waals surface area contributed by atoms with Crippen molar-refractivity contribution >= 4 is 23.2 Å². The number of carbonyl (C=O) groups excluding carboxylic acids is 2. The quantitative estimate of drug-likeness (QED) is 0.894. The molecule has 7 heteroatoms. The van der Waals surface area contributed by atoms with Gasteiger partial charge >= 0.3 is 0 Å². The average molecular weight is 338 g/mol. The largest absolute Gasteiger partial charge is 0.481 e. The molecule has 2 amide bonds. The molecule has 2 heterocycles. The number of nitrogens with zero attached hydrogens (tertiary/aromatic N) is 2. The summed E-state index contributed by atoms with van der Waals surface area (Å²) in [6.07, 6.45) is 1.04. The Morgan fingerprint density at radius 2 is 1.96 bits per heavy atom. The number of benzene rings is 1. The number of nitrogens with one attached hydrogen (secondary N) is 2. The third-order valence-corrected chi connectivity index (χ3v) is 3.78. The van der Waals surface area contributed by atoms with Crippen LogP contribution in [0.1, 0.15) is 34.5 Å². The van der Waals surface area contributed by atoms with Crippen LogP contribution in [0.4, 0.5) is 5.69 Å². The van der Waals surface area contributed by atoms with Crippen LogP contribution in [0, 0.1) is 6.92 Å². The van der Waals surface area contributed by atoms with E-state index in [0.29, 0.717) is 35.7 Å². The molecule has 0 fully saturated rings. The van der Waals surface area contributed by atoms with Gasteiger partial charge in [0.15, 0.2) is 0 Å². The standard InChI is InChI=1S/C18H18N4O3/c1-11-9-13(10-17(19-11)25-2)18(24)20-14-5-3-12(4-6-14)15-7-8-16(23)22-21-15/h3-6,9-10H,7-8H2,1-2H3,(H,20,24)(H,22,23). The van der Waals surface area contributed by atoms with Crippen LogP contribution in [0.2, 0.25) is 0 Å². The number of hydrazone groups is 1. The minimum absolute atomic E-state index is 0.0734. The van der Waals surface area contributed by atoms with Gasteiger partial charge in [0, 0.05) is 35.9 Å². The van der Waals surface area contributed by atoms with E-state index in [-0.39, 0.29) is 11.8 Å². The van der Waals surface area contributed by atoms with Crippen molar-refractivity contribution in [3.63, 3.8) is 0 Å². The number of aryl methyl sites for hydroxylation is 1. The number of ether oxygens (including phenoxy) is 1. The molecule has 0 saturated heterocycles. The SMILES string of the molecule is COc1cc(C(=O)Nc2ccc(C3=NNC(=O)CC3)cc2)cc(C)n1. The van der Waals surface area contributed by atoms with E-state index in [1.807, 2.05) is 12.1 Å². The lowest BCUT2D eigenvalue weighted by Gasteiger charge is -2.13. The van der Waals surface area contributed by atoms with Gasteiger partial charge in [-0.25, -0.2) is 10.4 Å². The van der Waals surface area contributed by atoms with Crippen LogP contribution in [0.3, 0.4) is 0 Å². The van der Waals surface area contributed by atoms with Crippen molar-refractivity contribution in [2.45, 2.75) is 19.8 Å². The zero-order valence-electron chi connectivity index (χ0n) is 14.0. The van der Waals surface area contributed by atoms with E-state index in [0.717, 1.165) is 11.3 Å². The zero-order valence-corrected chi connectivity index (χ0v) is 14.0. The first kappa shape index (κ1) is 16.6. The number of carbonyl (C=O) groups is 2. The van der Waals surface area contributed by atoms with Crippen LogP contribution >= 0.6 is 0 Å². The average Bonchev–Trinajstić information content (AvgIpc) is 2.62. The molecule has 1 aliphatic rings. The Kier molecular flexibility index (Phi) is 4.74. The predicted octanol–water partition coefficient (Wildman–Crippen LogP) is 2.27. The zero-order chi connectivity index (χ0) is 17.8. The summed E-state index contributed by atoms with van der Waals surface area (Å²) >= 11 is 0. The fourth-order valence-corrected chi connectivity index (χ4v) is 2.51. The van der Waals surface area contributed by atoms with Gasteiger partial charge < -0.3 is 10.1 Å². The van der Waals surface area contributed by atoms with Crippen LogP contribution in [-0.2, 0) is 4.79 Å². The summed E-state index contributed by atoms with van der Waals surface area (Å²) in [4.78, 5) is 27.7. The second-order valence-corrected chi connectivity index (χ2v) is 5.66. The minimum Gasteiger partial charge on any atom is -0.481 e. The lowest BCUT2D eigenvalue weighted by Crippen LogP contribution is -2.25. The van der Waals surface area contributed by atoms with Gasteiger partial charge in [0.1, 0.15) is 0 Å². The third kappa shape index (κ3) is 4.00. The van der Waals surface area contributed by atoms with Crippen molar-refractivity contribution in [3.8, 4) is 5.88 Å². The molecule has 0 radical (unpaired) electrons. The van der Waals surface area contributed by atoms with Crippen molar-refractivity contribution in [1.82, 2.24) is 10.4 Å². The van der Waals surface area contributed by atoms with E-state index in [2.05, 4.69) is 20.8 Å². The van der Waals surface area contributed by atoms with E-state index in [1.165, 1.54) is 7.11 Å². The molecule has 2 aromatic rings. The summed E-state index contributed by atoms with van der Waals surface area (Å²) in [5.74, 6) is 0.0902. The van der Waals surface area contributed by atoms with Gasteiger partial charge in [-0.1, -0.05) is 12.1 Å². The molecule has 1 aromatic carbocycles. The first-order valence-corrected chi connectivity index (χ1v) is 7.85. The number of methoxy groups -OCH3 is 1. The van der Waals surface area contributed by atoms with Crippen molar-refractivity contribution in [2.24, 2.45) is 5.10 Å². The molecule has 0 bridgehead atoms. The Labute approximate surface area is 145 Å². The molecule has 0 spiro atoms. The molecular weight excluding hydrogens is 320 g/mol. The molecule has 0 aliphatic carbocycles. The fourth-order valence-electron chi connectivity index (χ4n) is 2.51. The van der Waals surface area contributed by atoms with Crippen molar-refractivity contribution < 1.29 is 14.3 Å². The molecule has 25 heavy (non-hydrogen) atoms. The van der Waals surface area contributed by atoms with Gasteiger partial charge in [-0.05, 0) is 30.7 Å². The number of anilines is 1. The summed E-state index contributed by atoms with van der Waals surface area (Å²) < 4.78 is 5.09. The third-order valence-electron chi connectivity index (χ3n) is 3.78.